The van der Waals surface area contributed by atoms with Crippen molar-refractivity contribution in [1.82, 2.24) is 4.72 Å². The number of hydrogen-bond donors (Lipinski definition) is 3. The number of thiophene rings is 1. The monoisotopic (exact) mass is 483 g/mol. The predicted molar refractivity (Wildman–Crippen MR) is 123 cm³/mol. The molecule has 0 radical (unpaired) electrons. The summed E-state index contributed by atoms with van der Waals surface area (Å²) in [5, 5.41) is 22.9. The fourth-order valence-corrected chi connectivity index (χ4v) is 5.63. The van der Waals surface area contributed by atoms with E-state index in [1.807, 2.05) is 27.7 Å². The number of aliphatic hydroxyl groups is 1. The number of amides is 1. The lowest BCUT2D eigenvalue weighted by Gasteiger charge is -2.29. The number of carbonyl (C=O) groups is 1. The van der Waals surface area contributed by atoms with Gasteiger partial charge in [0.15, 0.2) is 11.1 Å². The minimum absolute atomic E-state index is 0.0111. The molecule has 0 fully saturated rings. The highest BCUT2D eigenvalue weighted by Crippen LogP contribution is 2.35. The summed E-state index contributed by atoms with van der Waals surface area (Å²) in [5.41, 5.74) is 0.0724. The van der Waals surface area contributed by atoms with E-state index in [1.165, 1.54) is 6.07 Å². The van der Waals surface area contributed by atoms with Crippen LogP contribution in [0.2, 0.25) is 0 Å². The van der Waals surface area contributed by atoms with E-state index in [0.717, 1.165) is 23.8 Å². The van der Waals surface area contributed by atoms with Gasteiger partial charge in [-0.3, -0.25) is 4.79 Å². The first-order valence-corrected chi connectivity index (χ1v) is 12.4. The van der Waals surface area contributed by atoms with E-state index in [9.17, 15) is 23.6 Å². The minimum atomic E-state index is -4.07. The minimum Gasteiger partial charge on any atom is -0.373 e. The van der Waals surface area contributed by atoms with Crippen LogP contribution in [0.15, 0.2) is 33.9 Å². The summed E-state index contributed by atoms with van der Waals surface area (Å²) in [5.74, 6) is -0.832. The summed E-state index contributed by atoms with van der Waals surface area (Å²) in [6, 6.07) is 8.56. The molecule has 7 nitrogen and oxygen atoms in total. The molecule has 1 heterocycles. The first kappa shape index (κ1) is 25.3. The molecular weight excluding hydrogens is 458 g/mol. The SMILES string of the molecule is CC(C)c1ccc(C#N)c(C(C)C)c1NC(=O)C(Cl)C(C)(O)NS(=O)(=O)c1cccs1. The Hall–Kier alpha value is -1.96. The molecule has 0 saturated carbocycles. The molecule has 0 aliphatic rings. The number of anilines is 1. The van der Waals surface area contributed by atoms with Gasteiger partial charge in [0.05, 0.1) is 11.6 Å². The maximum atomic E-state index is 13.0. The van der Waals surface area contributed by atoms with Crippen molar-refractivity contribution in [2.24, 2.45) is 0 Å². The van der Waals surface area contributed by atoms with Gasteiger partial charge in [-0.25, -0.2) is 8.42 Å². The lowest BCUT2D eigenvalue weighted by atomic mass is 9.89. The summed E-state index contributed by atoms with van der Waals surface area (Å²) in [6.45, 7) is 8.82. The summed E-state index contributed by atoms with van der Waals surface area (Å²) < 4.78 is 27.0. The molecule has 2 unspecified atom stereocenters. The average molecular weight is 484 g/mol. The number of halogens is 1. The molecule has 1 aromatic carbocycles. The van der Waals surface area contributed by atoms with Gasteiger partial charge >= 0.3 is 0 Å². The molecule has 0 aliphatic heterocycles. The number of nitrogens with one attached hydrogen (secondary N) is 2. The largest absolute Gasteiger partial charge is 0.373 e. The van der Waals surface area contributed by atoms with Crippen molar-refractivity contribution in [3.8, 4) is 6.07 Å². The number of hydrogen-bond acceptors (Lipinski definition) is 6. The smallest absolute Gasteiger partial charge is 0.252 e. The average Bonchev–Trinajstić information content (AvgIpc) is 3.21. The predicted octanol–water partition coefficient (Wildman–Crippen LogP) is 4.10. The van der Waals surface area contributed by atoms with Gasteiger partial charge in [0.1, 0.15) is 4.21 Å². The van der Waals surface area contributed by atoms with Crippen molar-refractivity contribution in [2.75, 3.05) is 5.32 Å². The zero-order chi connectivity index (χ0) is 23.6. The van der Waals surface area contributed by atoms with Gasteiger partial charge in [-0.15, -0.1) is 22.9 Å². The van der Waals surface area contributed by atoms with E-state index in [1.54, 1.807) is 23.6 Å². The van der Waals surface area contributed by atoms with Crippen LogP contribution in [-0.2, 0) is 14.8 Å². The van der Waals surface area contributed by atoms with Crippen LogP contribution < -0.4 is 10.0 Å². The topological polar surface area (TPSA) is 119 Å². The molecule has 0 saturated heterocycles. The van der Waals surface area contributed by atoms with Gasteiger partial charge in [-0.1, -0.05) is 39.8 Å². The second-order valence-corrected chi connectivity index (χ2v) is 11.2. The molecule has 1 aromatic heterocycles. The van der Waals surface area contributed by atoms with E-state index >= 15 is 0 Å². The molecule has 0 aliphatic carbocycles. The van der Waals surface area contributed by atoms with Gasteiger partial charge in [-0.2, -0.15) is 9.98 Å². The zero-order valence-electron chi connectivity index (χ0n) is 17.9. The van der Waals surface area contributed by atoms with E-state index in [4.69, 9.17) is 11.6 Å². The van der Waals surface area contributed by atoms with Crippen LogP contribution in [0.1, 0.15) is 63.1 Å². The maximum Gasteiger partial charge on any atom is 0.252 e. The second kappa shape index (κ2) is 9.67. The Morgan fingerprint density at radius 1 is 1.23 bits per heavy atom. The van der Waals surface area contributed by atoms with Gasteiger partial charge in [0.2, 0.25) is 5.91 Å². The Labute approximate surface area is 192 Å². The summed E-state index contributed by atoms with van der Waals surface area (Å²) >= 11 is 7.20. The molecule has 2 rings (SSSR count). The molecule has 2 aromatic rings. The van der Waals surface area contributed by atoms with Crippen LogP contribution in [0.25, 0.3) is 0 Å². The van der Waals surface area contributed by atoms with Crippen LogP contribution >= 0.6 is 22.9 Å². The molecule has 0 spiro atoms. The fourth-order valence-electron chi connectivity index (χ4n) is 3.19. The summed E-state index contributed by atoms with van der Waals surface area (Å²) in [7, 11) is -4.07. The van der Waals surface area contributed by atoms with Crippen molar-refractivity contribution < 1.29 is 18.3 Å². The Balaban J connectivity index is 2.39. The number of sulfonamides is 1. The second-order valence-electron chi connectivity index (χ2n) is 7.95. The van der Waals surface area contributed by atoms with Crippen molar-refractivity contribution in [1.29, 1.82) is 5.26 Å². The fraction of sp³-hybridized carbons (Fsp3) is 0.429. The van der Waals surface area contributed by atoms with E-state index in [-0.39, 0.29) is 16.0 Å². The Bertz CT molecular complexity index is 1090. The standard InChI is InChI=1S/C21H26ClN3O4S2/c1-12(2)15-9-8-14(11-23)17(13(3)4)18(15)24-20(26)19(22)21(5,27)25-31(28,29)16-7-6-10-30-16/h6-10,12-13,19,25,27H,1-5H3,(H,24,26). The number of alkyl halides is 1. The first-order chi connectivity index (χ1) is 14.3. The number of carbonyl (C=O) groups excluding carboxylic acids is 1. The third kappa shape index (κ3) is 5.64. The Kier molecular flexibility index (Phi) is 7.89. The quantitative estimate of drug-likeness (QED) is 0.385. The van der Waals surface area contributed by atoms with Crippen molar-refractivity contribution in [2.45, 2.75) is 61.8 Å². The highest BCUT2D eigenvalue weighted by Gasteiger charge is 2.40. The van der Waals surface area contributed by atoms with Crippen molar-refractivity contribution in [3.05, 3.63) is 46.3 Å². The van der Waals surface area contributed by atoms with E-state index in [2.05, 4.69) is 16.1 Å². The number of nitriles is 1. The van der Waals surface area contributed by atoms with E-state index < -0.39 is 27.0 Å². The van der Waals surface area contributed by atoms with Gasteiger partial charge < -0.3 is 10.4 Å². The summed E-state index contributed by atoms with van der Waals surface area (Å²) in [6.07, 6.45) is 0. The zero-order valence-corrected chi connectivity index (χ0v) is 20.3. The lowest BCUT2D eigenvalue weighted by molar-refractivity contribution is -0.120. The van der Waals surface area contributed by atoms with Crippen LogP contribution in [0.3, 0.4) is 0 Å². The van der Waals surface area contributed by atoms with Crippen molar-refractivity contribution in [3.63, 3.8) is 0 Å². The van der Waals surface area contributed by atoms with Gasteiger partial charge in [0, 0.05) is 5.69 Å². The molecule has 2 atom stereocenters. The molecular formula is C21H26ClN3O4S2. The number of rotatable bonds is 8. The molecule has 0 bridgehead atoms. The molecule has 168 valence electrons. The molecule has 10 heteroatoms. The highest BCUT2D eigenvalue weighted by atomic mass is 35.5. The summed E-state index contributed by atoms with van der Waals surface area (Å²) in [4.78, 5) is 13.0. The highest BCUT2D eigenvalue weighted by molar-refractivity contribution is 7.91. The van der Waals surface area contributed by atoms with Crippen LogP contribution in [0, 0.1) is 11.3 Å². The number of benzene rings is 1. The van der Waals surface area contributed by atoms with Crippen LogP contribution in [0.4, 0.5) is 5.69 Å². The maximum absolute atomic E-state index is 13.0. The van der Waals surface area contributed by atoms with Gasteiger partial charge in [0.25, 0.3) is 10.0 Å². The molecule has 3 N–H and O–H groups in total. The van der Waals surface area contributed by atoms with E-state index in [0.29, 0.717) is 16.8 Å². The Morgan fingerprint density at radius 3 is 2.35 bits per heavy atom. The molecule has 1 amide bonds. The Morgan fingerprint density at radius 2 is 1.87 bits per heavy atom. The third-order valence-corrected chi connectivity index (χ3v) is 8.25. The lowest BCUT2D eigenvalue weighted by Crippen LogP contribution is -2.56. The van der Waals surface area contributed by atoms with Crippen LogP contribution in [-0.4, -0.2) is 30.5 Å². The van der Waals surface area contributed by atoms with Crippen molar-refractivity contribution >= 4 is 44.6 Å². The number of nitrogens with zero attached hydrogens (tertiary/aromatic N) is 1. The normalized spacial score (nSPS) is 14.8. The van der Waals surface area contributed by atoms with Crippen LogP contribution in [0.5, 0.6) is 0 Å². The van der Waals surface area contributed by atoms with Gasteiger partial charge in [-0.05, 0) is 47.4 Å². The first-order valence-electron chi connectivity index (χ1n) is 9.63. The third-order valence-electron chi connectivity index (χ3n) is 4.67. The molecule has 31 heavy (non-hydrogen) atoms.